The minimum absolute atomic E-state index is 0.0578. The van der Waals surface area contributed by atoms with Gasteiger partial charge < -0.3 is 5.32 Å². The van der Waals surface area contributed by atoms with Crippen molar-refractivity contribution in [1.82, 2.24) is 4.98 Å². The predicted octanol–water partition coefficient (Wildman–Crippen LogP) is 3.42. The fourth-order valence-electron chi connectivity index (χ4n) is 2.38. The van der Waals surface area contributed by atoms with Crippen LogP contribution in [0.5, 0.6) is 0 Å². The van der Waals surface area contributed by atoms with Crippen molar-refractivity contribution in [2.75, 3.05) is 17.3 Å². The van der Waals surface area contributed by atoms with Crippen LogP contribution >= 0.6 is 15.9 Å². The molecule has 1 N–H and O–H groups in total. The molecule has 0 saturated heterocycles. The van der Waals surface area contributed by atoms with Crippen LogP contribution in [0.3, 0.4) is 0 Å². The number of nitrogens with zero attached hydrogens (tertiary/aromatic N) is 2. The summed E-state index contributed by atoms with van der Waals surface area (Å²) in [7, 11) is 1.87. The summed E-state index contributed by atoms with van der Waals surface area (Å²) in [4.78, 5) is 18.5. The summed E-state index contributed by atoms with van der Waals surface area (Å²) in [6.07, 6.45) is 0.418. The van der Waals surface area contributed by atoms with Gasteiger partial charge in [0.1, 0.15) is 5.82 Å². The molecule has 1 aromatic heterocycles. The summed E-state index contributed by atoms with van der Waals surface area (Å²) in [5.74, 6) is 0.731. The molecule has 1 aromatic carbocycles. The van der Waals surface area contributed by atoms with Crippen LogP contribution < -0.4 is 10.2 Å². The Bertz CT molecular complexity index is 700. The van der Waals surface area contributed by atoms with Crippen LogP contribution in [-0.4, -0.2) is 17.9 Å². The van der Waals surface area contributed by atoms with E-state index in [1.165, 1.54) is 0 Å². The van der Waals surface area contributed by atoms with Crippen LogP contribution in [0.2, 0.25) is 0 Å². The number of carbonyl (C=O) groups excluding carboxylic acids is 1. The number of aryl methyl sites for hydroxylation is 1. The lowest BCUT2D eigenvalue weighted by Crippen LogP contribution is -2.22. The largest absolute Gasteiger partial charge is 0.388 e. The topological polar surface area (TPSA) is 45.2 Å². The third-order valence-corrected chi connectivity index (χ3v) is 4.27. The van der Waals surface area contributed by atoms with Crippen molar-refractivity contribution in [2.45, 2.75) is 13.3 Å². The summed E-state index contributed by atoms with van der Waals surface area (Å²) in [6, 6.07) is 9.72. The number of nitrogens with one attached hydrogen (secondary N) is 1. The molecule has 2 heterocycles. The molecule has 0 bridgehead atoms. The van der Waals surface area contributed by atoms with Crippen molar-refractivity contribution in [3.63, 3.8) is 0 Å². The number of aromatic nitrogens is 1. The number of anilines is 3. The molecule has 1 aliphatic rings. The number of benzene rings is 1. The maximum absolute atomic E-state index is 12.3. The molecule has 2 aromatic rings. The maximum atomic E-state index is 12.3. The highest BCUT2D eigenvalue weighted by Crippen LogP contribution is 2.36. The number of amides is 1. The Balaban J connectivity index is 2.07. The van der Waals surface area contributed by atoms with Gasteiger partial charge in [0.15, 0.2) is 0 Å². The van der Waals surface area contributed by atoms with Gasteiger partial charge in [0.05, 0.1) is 17.8 Å². The number of fused-ring (bicyclic) bond motifs is 1. The zero-order valence-corrected chi connectivity index (χ0v) is 12.9. The van der Waals surface area contributed by atoms with Gasteiger partial charge in [0.2, 0.25) is 5.91 Å². The molecule has 1 aliphatic heterocycles. The highest BCUT2D eigenvalue weighted by Gasteiger charge is 2.29. The lowest BCUT2D eigenvalue weighted by atomic mass is 10.1. The monoisotopic (exact) mass is 331 g/mol. The molecule has 3 rings (SSSR count). The zero-order valence-electron chi connectivity index (χ0n) is 11.3. The average molecular weight is 332 g/mol. The molecule has 0 saturated carbocycles. The Morgan fingerprint density at radius 3 is 2.80 bits per heavy atom. The van der Waals surface area contributed by atoms with E-state index >= 15 is 0 Å². The Hall–Kier alpha value is -1.88. The Morgan fingerprint density at radius 2 is 2.10 bits per heavy atom. The Morgan fingerprint density at radius 1 is 1.30 bits per heavy atom. The molecule has 0 unspecified atom stereocenters. The van der Waals surface area contributed by atoms with Crippen molar-refractivity contribution in [3.05, 3.63) is 46.1 Å². The van der Waals surface area contributed by atoms with E-state index in [4.69, 9.17) is 0 Å². The van der Waals surface area contributed by atoms with Gasteiger partial charge in [-0.2, -0.15) is 0 Å². The second-order valence-electron chi connectivity index (χ2n) is 4.74. The molecule has 5 heteroatoms. The highest BCUT2D eigenvalue weighted by atomic mass is 79.9. The van der Waals surface area contributed by atoms with Gasteiger partial charge in [-0.1, -0.05) is 0 Å². The maximum Gasteiger partial charge on any atom is 0.237 e. The van der Waals surface area contributed by atoms with E-state index in [-0.39, 0.29) is 5.91 Å². The van der Waals surface area contributed by atoms with Crippen molar-refractivity contribution in [1.29, 1.82) is 0 Å². The van der Waals surface area contributed by atoms with Crippen molar-refractivity contribution in [2.24, 2.45) is 0 Å². The van der Waals surface area contributed by atoms with Gasteiger partial charge in [-0.15, -0.1) is 0 Å². The average Bonchev–Trinajstić information content (AvgIpc) is 2.76. The van der Waals surface area contributed by atoms with Gasteiger partial charge >= 0.3 is 0 Å². The number of hydrogen-bond donors (Lipinski definition) is 1. The van der Waals surface area contributed by atoms with Crippen LogP contribution in [0.15, 0.2) is 34.8 Å². The van der Waals surface area contributed by atoms with Crippen LogP contribution in [0, 0.1) is 6.92 Å². The van der Waals surface area contributed by atoms with Crippen LogP contribution in [-0.2, 0) is 11.2 Å². The van der Waals surface area contributed by atoms with Crippen molar-refractivity contribution < 1.29 is 4.79 Å². The zero-order chi connectivity index (χ0) is 14.3. The molecule has 1 amide bonds. The van der Waals surface area contributed by atoms with E-state index in [9.17, 15) is 4.79 Å². The summed E-state index contributed by atoms with van der Waals surface area (Å²) in [5.41, 5.74) is 3.83. The van der Waals surface area contributed by atoms with Crippen LogP contribution in [0.4, 0.5) is 17.2 Å². The number of rotatable bonds is 2. The second kappa shape index (κ2) is 4.90. The minimum Gasteiger partial charge on any atom is -0.388 e. The smallest absolute Gasteiger partial charge is 0.237 e. The molecule has 0 fully saturated rings. The first-order chi connectivity index (χ1) is 9.60. The number of carbonyl (C=O) groups is 1. The van der Waals surface area contributed by atoms with Crippen LogP contribution in [0.1, 0.15) is 11.3 Å². The Kier molecular flexibility index (Phi) is 3.22. The first-order valence-electron chi connectivity index (χ1n) is 6.37. The quantitative estimate of drug-likeness (QED) is 0.917. The van der Waals surface area contributed by atoms with Gasteiger partial charge in [-0.25, -0.2) is 4.98 Å². The summed E-state index contributed by atoms with van der Waals surface area (Å²) in [5, 5.41) is 3.09. The first kappa shape index (κ1) is 13.1. The van der Waals surface area contributed by atoms with Gasteiger partial charge in [-0.3, -0.25) is 9.69 Å². The van der Waals surface area contributed by atoms with Crippen molar-refractivity contribution >= 4 is 39.0 Å². The highest BCUT2D eigenvalue weighted by molar-refractivity contribution is 9.10. The summed E-state index contributed by atoms with van der Waals surface area (Å²) < 4.78 is 0.943. The lowest BCUT2D eigenvalue weighted by Gasteiger charge is -2.17. The van der Waals surface area contributed by atoms with Crippen LogP contribution in [0.25, 0.3) is 0 Å². The molecule has 0 spiro atoms. The van der Waals surface area contributed by atoms with E-state index in [0.29, 0.717) is 12.2 Å². The van der Waals surface area contributed by atoms with E-state index in [0.717, 1.165) is 27.1 Å². The molecular formula is C15H14BrN3O. The Labute approximate surface area is 126 Å². The standard InChI is InChI=1S/C15H14BrN3O/c1-9-12(16)4-6-14(18-9)19-13-5-3-11(17-2)7-10(13)8-15(19)20/h3-7,17H,8H2,1-2H3. The van der Waals surface area contributed by atoms with Gasteiger partial charge in [0, 0.05) is 17.2 Å². The molecule has 0 aliphatic carbocycles. The second-order valence-corrected chi connectivity index (χ2v) is 5.59. The normalized spacial score (nSPS) is 13.6. The molecule has 102 valence electrons. The van der Waals surface area contributed by atoms with Crippen molar-refractivity contribution in [3.8, 4) is 0 Å². The number of pyridine rings is 1. The minimum atomic E-state index is 0.0578. The fourth-order valence-corrected chi connectivity index (χ4v) is 2.60. The van der Waals surface area contributed by atoms with E-state index < -0.39 is 0 Å². The lowest BCUT2D eigenvalue weighted by molar-refractivity contribution is -0.116. The fraction of sp³-hybridized carbons (Fsp3) is 0.200. The van der Waals surface area contributed by atoms with E-state index in [1.54, 1.807) is 4.90 Å². The van der Waals surface area contributed by atoms with E-state index in [1.807, 2.05) is 44.3 Å². The third-order valence-electron chi connectivity index (χ3n) is 3.44. The first-order valence-corrected chi connectivity index (χ1v) is 7.16. The van der Waals surface area contributed by atoms with Gasteiger partial charge in [0.25, 0.3) is 0 Å². The van der Waals surface area contributed by atoms with E-state index in [2.05, 4.69) is 26.2 Å². The molecule has 0 radical (unpaired) electrons. The molecule has 4 nitrogen and oxygen atoms in total. The summed E-state index contributed by atoms with van der Waals surface area (Å²) in [6.45, 7) is 1.92. The SMILES string of the molecule is CNc1ccc2c(c1)CC(=O)N2c1ccc(Br)c(C)n1. The predicted molar refractivity (Wildman–Crippen MR) is 83.5 cm³/mol. The third kappa shape index (κ3) is 2.08. The number of halogens is 1. The van der Waals surface area contributed by atoms with Gasteiger partial charge in [-0.05, 0) is 58.7 Å². The molecule has 0 atom stereocenters. The molecular weight excluding hydrogens is 318 g/mol. The molecule has 20 heavy (non-hydrogen) atoms. The number of hydrogen-bond acceptors (Lipinski definition) is 3. The summed E-state index contributed by atoms with van der Waals surface area (Å²) >= 11 is 3.43.